The Hall–Kier alpha value is -3.08. The van der Waals surface area contributed by atoms with Gasteiger partial charge in [0.05, 0.1) is 11.7 Å². The summed E-state index contributed by atoms with van der Waals surface area (Å²) >= 11 is 0. The molecule has 1 aromatic heterocycles. The lowest BCUT2D eigenvalue weighted by molar-refractivity contribution is 0.188. The van der Waals surface area contributed by atoms with Crippen LogP contribution in [0.5, 0.6) is 0 Å². The van der Waals surface area contributed by atoms with Crippen molar-refractivity contribution in [2.24, 2.45) is 0 Å². The highest BCUT2D eigenvalue weighted by molar-refractivity contribution is 5.65. The zero-order valence-corrected chi connectivity index (χ0v) is 16.6. The molecule has 0 radical (unpaired) electrons. The molecule has 1 heterocycles. The summed E-state index contributed by atoms with van der Waals surface area (Å²) in [6, 6.07) is 17.8. The molecule has 3 N–H and O–H groups in total. The van der Waals surface area contributed by atoms with Crippen LogP contribution in [0.4, 0.5) is 4.79 Å². The molecular formula is C23H27N3O2. The Morgan fingerprint density at radius 3 is 2.46 bits per heavy atom. The van der Waals surface area contributed by atoms with Gasteiger partial charge in [0, 0.05) is 11.8 Å². The van der Waals surface area contributed by atoms with E-state index in [4.69, 9.17) is 0 Å². The van der Waals surface area contributed by atoms with Crippen LogP contribution in [0.15, 0.2) is 60.8 Å². The van der Waals surface area contributed by atoms with Crippen molar-refractivity contribution in [1.82, 2.24) is 15.3 Å². The van der Waals surface area contributed by atoms with E-state index < -0.39 is 12.1 Å². The van der Waals surface area contributed by atoms with E-state index in [2.05, 4.69) is 54.3 Å². The lowest BCUT2D eigenvalue weighted by atomic mass is 9.82. The second-order valence-electron chi connectivity index (χ2n) is 7.98. The number of nitrogens with zero attached hydrogens (tertiary/aromatic N) is 1. The van der Waals surface area contributed by atoms with Gasteiger partial charge in [0.2, 0.25) is 0 Å². The number of aromatic nitrogens is 2. The van der Waals surface area contributed by atoms with Gasteiger partial charge in [0.1, 0.15) is 5.82 Å². The number of benzene rings is 2. The van der Waals surface area contributed by atoms with Gasteiger partial charge >= 0.3 is 6.09 Å². The van der Waals surface area contributed by atoms with E-state index in [-0.39, 0.29) is 5.41 Å². The first kappa shape index (κ1) is 19.7. The van der Waals surface area contributed by atoms with Crippen molar-refractivity contribution < 1.29 is 9.90 Å². The molecular weight excluding hydrogens is 350 g/mol. The molecule has 0 spiro atoms. The highest BCUT2D eigenvalue weighted by Gasteiger charge is 2.21. The predicted molar refractivity (Wildman–Crippen MR) is 111 cm³/mol. The van der Waals surface area contributed by atoms with Crippen LogP contribution in [-0.2, 0) is 11.8 Å². The van der Waals surface area contributed by atoms with Gasteiger partial charge in [-0.15, -0.1) is 0 Å². The third-order valence-electron chi connectivity index (χ3n) is 4.82. The number of amides is 1. The maximum absolute atomic E-state index is 11.3. The second-order valence-corrected chi connectivity index (χ2v) is 7.98. The topological polar surface area (TPSA) is 78.0 Å². The summed E-state index contributed by atoms with van der Waals surface area (Å²) in [5.41, 5.74) is 4.37. The fourth-order valence-electron chi connectivity index (χ4n) is 3.47. The van der Waals surface area contributed by atoms with E-state index in [0.29, 0.717) is 12.2 Å². The molecule has 146 valence electrons. The SMILES string of the molecule is CC(C)(C)c1ccccc1CCC(NC(=O)O)c1nc(-c2ccccc2)c[nH]1. The Labute approximate surface area is 165 Å². The first-order valence-electron chi connectivity index (χ1n) is 9.53. The number of aryl methyl sites for hydroxylation is 1. The van der Waals surface area contributed by atoms with E-state index in [9.17, 15) is 9.90 Å². The Balaban J connectivity index is 1.81. The number of hydrogen-bond acceptors (Lipinski definition) is 2. The highest BCUT2D eigenvalue weighted by Crippen LogP contribution is 2.28. The van der Waals surface area contributed by atoms with Crippen LogP contribution in [0, 0.1) is 0 Å². The maximum Gasteiger partial charge on any atom is 0.405 e. The van der Waals surface area contributed by atoms with Crippen molar-refractivity contribution >= 4 is 6.09 Å². The normalized spacial score (nSPS) is 12.5. The third-order valence-corrected chi connectivity index (χ3v) is 4.82. The minimum absolute atomic E-state index is 0.0392. The summed E-state index contributed by atoms with van der Waals surface area (Å²) in [7, 11) is 0. The fourth-order valence-corrected chi connectivity index (χ4v) is 3.47. The van der Waals surface area contributed by atoms with Gasteiger partial charge in [0.25, 0.3) is 0 Å². The number of carboxylic acid groups (broad SMARTS) is 1. The van der Waals surface area contributed by atoms with E-state index in [1.54, 1.807) is 0 Å². The van der Waals surface area contributed by atoms with E-state index in [1.165, 1.54) is 11.1 Å². The quantitative estimate of drug-likeness (QED) is 0.544. The number of aromatic amines is 1. The average Bonchev–Trinajstić information content (AvgIpc) is 3.15. The second kappa shape index (κ2) is 8.30. The smallest absolute Gasteiger partial charge is 0.405 e. The van der Waals surface area contributed by atoms with E-state index in [1.807, 2.05) is 42.6 Å². The number of rotatable bonds is 6. The summed E-state index contributed by atoms with van der Waals surface area (Å²) in [6.07, 6.45) is 2.16. The number of H-pyrrole nitrogens is 1. The molecule has 0 aliphatic rings. The molecule has 3 aromatic rings. The van der Waals surface area contributed by atoms with Gasteiger partial charge < -0.3 is 15.4 Å². The zero-order chi connectivity index (χ0) is 20.1. The number of nitrogens with one attached hydrogen (secondary N) is 2. The molecule has 1 atom stereocenters. The summed E-state index contributed by atoms with van der Waals surface area (Å²) in [5.74, 6) is 0.634. The van der Waals surface area contributed by atoms with Gasteiger partial charge in [-0.2, -0.15) is 0 Å². The highest BCUT2D eigenvalue weighted by atomic mass is 16.4. The van der Waals surface area contributed by atoms with Crippen molar-refractivity contribution in [3.63, 3.8) is 0 Å². The van der Waals surface area contributed by atoms with Crippen molar-refractivity contribution in [2.75, 3.05) is 0 Å². The molecule has 1 unspecified atom stereocenters. The largest absolute Gasteiger partial charge is 0.465 e. The standard InChI is InChI=1S/C23H27N3O2/c1-23(2,3)18-12-8-7-9-16(18)13-14-19(26-22(27)28)21-24-15-20(25-21)17-10-5-4-6-11-17/h4-12,15,19,26H,13-14H2,1-3H3,(H,24,25)(H,27,28). The zero-order valence-electron chi connectivity index (χ0n) is 16.6. The van der Waals surface area contributed by atoms with Crippen molar-refractivity contribution in [1.29, 1.82) is 0 Å². The van der Waals surface area contributed by atoms with Crippen LogP contribution in [0.3, 0.4) is 0 Å². The minimum atomic E-state index is -1.05. The van der Waals surface area contributed by atoms with Crippen LogP contribution in [-0.4, -0.2) is 21.2 Å². The van der Waals surface area contributed by atoms with Crippen LogP contribution in [0.25, 0.3) is 11.3 Å². The van der Waals surface area contributed by atoms with Crippen LogP contribution in [0.1, 0.15) is 50.2 Å². The van der Waals surface area contributed by atoms with Gasteiger partial charge in [-0.1, -0.05) is 75.4 Å². The average molecular weight is 377 g/mol. The summed E-state index contributed by atoms with van der Waals surface area (Å²) in [5, 5.41) is 11.9. The van der Waals surface area contributed by atoms with Gasteiger partial charge in [-0.05, 0) is 29.4 Å². The first-order valence-corrected chi connectivity index (χ1v) is 9.53. The molecule has 0 fully saturated rings. The molecule has 28 heavy (non-hydrogen) atoms. The molecule has 1 amide bonds. The Morgan fingerprint density at radius 1 is 1.11 bits per heavy atom. The predicted octanol–water partition coefficient (Wildman–Crippen LogP) is 5.32. The van der Waals surface area contributed by atoms with E-state index in [0.717, 1.165) is 17.7 Å². The van der Waals surface area contributed by atoms with E-state index >= 15 is 0 Å². The van der Waals surface area contributed by atoms with Crippen LogP contribution in [0.2, 0.25) is 0 Å². The molecule has 2 aromatic carbocycles. The summed E-state index contributed by atoms with van der Waals surface area (Å²) in [6.45, 7) is 6.58. The molecule has 0 aliphatic carbocycles. The van der Waals surface area contributed by atoms with Gasteiger partial charge in [-0.3, -0.25) is 0 Å². The molecule has 0 aliphatic heterocycles. The molecule has 0 bridgehead atoms. The lowest BCUT2D eigenvalue weighted by Gasteiger charge is -2.24. The van der Waals surface area contributed by atoms with Crippen LogP contribution >= 0.6 is 0 Å². The summed E-state index contributed by atoms with van der Waals surface area (Å²) in [4.78, 5) is 19.1. The van der Waals surface area contributed by atoms with Crippen molar-refractivity contribution in [3.05, 3.63) is 77.7 Å². The van der Waals surface area contributed by atoms with Crippen LogP contribution < -0.4 is 5.32 Å². The third kappa shape index (κ3) is 4.80. The number of imidazole rings is 1. The first-order chi connectivity index (χ1) is 13.3. The summed E-state index contributed by atoms with van der Waals surface area (Å²) < 4.78 is 0. The fraction of sp³-hybridized carbons (Fsp3) is 0.304. The Kier molecular flexibility index (Phi) is 5.83. The van der Waals surface area contributed by atoms with Crippen molar-refractivity contribution in [2.45, 2.75) is 45.1 Å². The molecule has 5 heteroatoms. The van der Waals surface area contributed by atoms with Gasteiger partial charge in [-0.25, -0.2) is 9.78 Å². The minimum Gasteiger partial charge on any atom is -0.465 e. The molecule has 3 rings (SSSR count). The molecule has 0 saturated carbocycles. The van der Waals surface area contributed by atoms with Gasteiger partial charge in [0.15, 0.2) is 0 Å². The van der Waals surface area contributed by atoms with Crippen molar-refractivity contribution in [3.8, 4) is 11.3 Å². The Bertz CT molecular complexity index is 926. The monoisotopic (exact) mass is 377 g/mol. The Morgan fingerprint density at radius 2 is 1.79 bits per heavy atom. The molecule has 5 nitrogen and oxygen atoms in total. The number of carbonyl (C=O) groups is 1. The maximum atomic E-state index is 11.3. The lowest BCUT2D eigenvalue weighted by Crippen LogP contribution is -2.28. The number of hydrogen-bond donors (Lipinski definition) is 3. The molecule has 0 saturated heterocycles.